The number of hydrogen-bond acceptors (Lipinski definition) is 4. The number of aryl methyl sites for hydroxylation is 1. The maximum atomic E-state index is 11.8. The van der Waals surface area contributed by atoms with Crippen LogP contribution in [0, 0.1) is 0 Å². The second-order valence-corrected chi connectivity index (χ2v) is 4.80. The molecule has 0 saturated heterocycles. The first-order valence-corrected chi connectivity index (χ1v) is 7.30. The Morgan fingerprint density at radius 2 is 2.04 bits per heavy atom. The van der Waals surface area contributed by atoms with E-state index in [1.54, 1.807) is 36.3 Å². The predicted octanol–water partition coefficient (Wildman–Crippen LogP) is -0.0899. The molecule has 0 spiro atoms. The minimum atomic E-state index is -0.141. The molecule has 0 radical (unpaired) electrons. The maximum absolute atomic E-state index is 11.8. The molecular weight excluding hydrogens is 294 g/mol. The number of rotatable bonds is 6. The molecule has 0 saturated carbocycles. The zero-order valence-electron chi connectivity index (χ0n) is 13.3. The molecule has 122 valence electrons. The van der Waals surface area contributed by atoms with Gasteiger partial charge in [-0.2, -0.15) is 5.10 Å². The van der Waals surface area contributed by atoms with Crippen LogP contribution in [0.15, 0.2) is 41.8 Å². The molecule has 2 rings (SSSR count). The Labute approximate surface area is 135 Å². The van der Waals surface area contributed by atoms with Crippen LogP contribution in [0.1, 0.15) is 16.1 Å². The number of aliphatic imine (C=N–C) groups is 1. The van der Waals surface area contributed by atoms with Gasteiger partial charge >= 0.3 is 0 Å². The average molecular weight is 315 g/mol. The fourth-order valence-corrected chi connectivity index (χ4v) is 1.93. The Bertz CT molecular complexity index is 651. The molecule has 0 fully saturated rings. The maximum Gasteiger partial charge on any atom is 0.252 e. The lowest BCUT2D eigenvalue weighted by atomic mass is 10.3. The van der Waals surface area contributed by atoms with Gasteiger partial charge in [0, 0.05) is 45.8 Å². The van der Waals surface area contributed by atoms with Crippen LogP contribution in [0.5, 0.6) is 0 Å². The zero-order chi connectivity index (χ0) is 16.5. The predicted molar refractivity (Wildman–Crippen MR) is 88.0 cm³/mol. The molecule has 1 amide bonds. The number of guanidine groups is 1. The van der Waals surface area contributed by atoms with Gasteiger partial charge < -0.3 is 16.0 Å². The van der Waals surface area contributed by atoms with Crippen molar-refractivity contribution in [3.8, 4) is 0 Å². The van der Waals surface area contributed by atoms with E-state index < -0.39 is 0 Å². The highest BCUT2D eigenvalue weighted by atomic mass is 16.1. The molecule has 0 unspecified atom stereocenters. The van der Waals surface area contributed by atoms with Gasteiger partial charge in [-0.3, -0.25) is 19.5 Å². The number of nitrogens with one attached hydrogen (secondary N) is 3. The van der Waals surface area contributed by atoms with Crippen LogP contribution in [0.25, 0.3) is 0 Å². The molecule has 0 aliphatic heterocycles. The van der Waals surface area contributed by atoms with Crippen LogP contribution in [0.2, 0.25) is 0 Å². The minimum absolute atomic E-state index is 0.141. The lowest BCUT2D eigenvalue weighted by Gasteiger charge is -2.12. The van der Waals surface area contributed by atoms with Gasteiger partial charge in [0.05, 0.1) is 17.8 Å². The largest absolute Gasteiger partial charge is 0.355 e. The van der Waals surface area contributed by atoms with E-state index in [1.165, 1.54) is 6.20 Å². The molecule has 2 aromatic heterocycles. The molecule has 8 heteroatoms. The Morgan fingerprint density at radius 3 is 2.70 bits per heavy atom. The van der Waals surface area contributed by atoms with Crippen molar-refractivity contribution in [2.45, 2.75) is 6.54 Å². The van der Waals surface area contributed by atoms with Gasteiger partial charge in [0.15, 0.2) is 5.96 Å². The number of amides is 1. The van der Waals surface area contributed by atoms with Crippen molar-refractivity contribution in [2.24, 2.45) is 12.0 Å². The highest BCUT2D eigenvalue weighted by molar-refractivity contribution is 5.93. The quantitative estimate of drug-likeness (QED) is 0.393. The topological polar surface area (TPSA) is 96.2 Å². The molecule has 0 bridgehead atoms. The second kappa shape index (κ2) is 8.52. The van der Waals surface area contributed by atoms with E-state index in [1.807, 2.05) is 13.1 Å². The van der Waals surface area contributed by atoms with E-state index in [-0.39, 0.29) is 5.91 Å². The Hall–Kier alpha value is -2.90. The number of aromatic nitrogens is 3. The Balaban J connectivity index is 1.68. The molecule has 0 aliphatic rings. The van der Waals surface area contributed by atoms with Crippen molar-refractivity contribution in [3.63, 3.8) is 0 Å². The van der Waals surface area contributed by atoms with Gasteiger partial charge in [0.1, 0.15) is 0 Å². The van der Waals surface area contributed by atoms with Gasteiger partial charge in [-0.1, -0.05) is 0 Å². The van der Waals surface area contributed by atoms with E-state index in [2.05, 4.69) is 31.0 Å². The van der Waals surface area contributed by atoms with E-state index in [0.29, 0.717) is 31.2 Å². The average Bonchev–Trinajstić information content (AvgIpc) is 3.00. The van der Waals surface area contributed by atoms with Gasteiger partial charge in [0.25, 0.3) is 5.91 Å². The smallest absolute Gasteiger partial charge is 0.252 e. The number of carbonyl (C=O) groups excluding carboxylic acids is 1. The minimum Gasteiger partial charge on any atom is -0.355 e. The molecule has 0 atom stereocenters. The number of carbonyl (C=O) groups is 1. The summed E-state index contributed by atoms with van der Waals surface area (Å²) in [6.07, 6.45) is 4.93. The van der Waals surface area contributed by atoms with Crippen molar-refractivity contribution in [1.82, 2.24) is 30.7 Å². The van der Waals surface area contributed by atoms with Gasteiger partial charge in [0.2, 0.25) is 0 Å². The fraction of sp³-hybridized carbons (Fsp3) is 0.333. The van der Waals surface area contributed by atoms with Gasteiger partial charge in [-0.25, -0.2) is 0 Å². The van der Waals surface area contributed by atoms with Crippen LogP contribution in [0.3, 0.4) is 0 Å². The van der Waals surface area contributed by atoms with Crippen molar-refractivity contribution in [1.29, 1.82) is 0 Å². The molecular formula is C15H21N7O. The Morgan fingerprint density at radius 1 is 1.22 bits per heavy atom. The highest BCUT2D eigenvalue weighted by Crippen LogP contribution is 1.95. The van der Waals surface area contributed by atoms with Crippen LogP contribution < -0.4 is 16.0 Å². The van der Waals surface area contributed by atoms with Crippen molar-refractivity contribution in [3.05, 3.63) is 48.0 Å². The first kappa shape index (κ1) is 16.5. The lowest BCUT2D eigenvalue weighted by Crippen LogP contribution is -2.41. The second-order valence-electron chi connectivity index (χ2n) is 4.80. The van der Waals surface area contributed by atoms with Crippen molar-refractivity contribution in [2.75, 3.05) is 20.1 Å². The summed E-state index contributed by atoms with van der Waals surface area (Å²) in [7, 11) is 3.59. The molecule has 23 heavy (non-hydrogen) atoms. The summed E-state index contributed by atoms with van der Waals surface area (Å²) in [5, 5.41) is 13.3. The molecule has 3 N–H and O–H groups in total. The third kappa shape index (κ3) is 5.10. The molecule has 2 heterocycles. The number of hydrogen-bond donors (Lipinski definition) is 3. The number of nitrogens with zero attached hydrogens (tertiary/aromatic N) is 4. The van der Waals surface area contributed by atoms with E-state index in [4.69, 9.17) is 0 Å². The van der Waals surface area contributed by atoms with Gasteiger partial charge in [-0.15, -0.1) is 0 Å². The molecule has 2 aromatic rings. The summed E-state index contributed by atoms with van der Waals surface area (Å²) in [5.74, 6) is 0.527. The molecule has 0 aromatic carbocycles. The summed E-state index contributed by atoms with van der Waals surface area (Å²) in [4.78, 5) is 19.9. The third-order valence-corrected chi connectivity index (χ3v) is 3.21. The SMILES string of the molecule is CN=C(NCCNC(=O)c1cccnc1)NCc1ccnn1C. The lowest BCUT2D eigenvalue weighted by molar-refractivity contribution is 0.0954. The number of pyridine rings is 1. The summed E-state index contributed by atoms with van der Waals surface area (Å²) in [6.45, 7) is 1.68. The van der Waals surface area contributed by atoms with E-state index in [9.17, 15) is 4.79 Å². The zero-order valence-corrected chi connectivity index (χ0v) is 13.3. The summed E-state index contributed by atoms with van der Waals surface area (Å²) in [6, 6.07) is 5.40. The van der Waals surface area contributed by atoms with Crippen LogP contribution in [-0.4, -0.2) is 46.8 Å². The molecule has 8 nitrogen and oxygen atoms in total. The summed E-state index contributed by atoms with van der Waals surface area (Å²) < 4.78 is 1.80. The van der Waals surface area contributed by atoms with E-state index in [0.717, 1.165) is 5.69 Å². The fourth-order valence-electron chi connectivity index (χ4n) is 1.93. The normalized spacial score (nSPS) is 11.1. The van der Waals surface area contributed by atoms with Crippen LogP contribution >= 0.6 is 0 Å². The van der Waals surface area contributed by atoms with E-state index >= 15 is 0 Å². The van der Waals surface area contributed by atoms with Gasteiger partial charge in [-0.05, 0) is 18.2 Å². The standard InChI is InChI=1S/C15H21N7O/c1-16-15(20-11-13-5-7-21-22(13)2)19-9-8-18-14(23)12-4-3-6-17-10-12/h3-7,10H,8-9,11H2,1-2H3,(H,18,23)(H2,16,19,20). The van der Waals surface area contributed by atoms with Crippen molar-refractivity contribution < 1.29 is 4.79 Å². The first-order valence-electron chi connectivity index (χ1n) is 7.30. The summed E-state index contributed by atoms with van der Waals surface area (Å²) >= 11 is 0. The summed E-state index contributed by atoms with van der Waals surface area (Å²) in [5.41, 5.74) is 1.60. The first-order chi connectivity index (χ1) is 11.2. The Kier molecular flexibility index (Phi) is 6.10. The molecule has 0 aliphatic carbocycles. The highest BCUT2D eigenvalue weighted by Gasteiger charge is 2.04. The monoisotopic (exact) mass is 315 g/mol. The van der Waals surface area contributed by atoms with Crippen LogP contribution in [0.4, 0.5) is 0 Å². The third-order valence-electron chi connectivity index (χ3n) is 3.21. The van der Waals surface area contributed by atoms with Crippen molar-refractivity contribution >= 4 is 11.9 Å². The van der Waals surface area contributed by atoms with Crippen LogP contribution in [-0.2, 0) is 13.6 Å².